The summed E-state index contributed by atoms with van der Waals surface area (Å²) in [6.07, 6.45) is -0.898. The predicted molar refractivity (Wildman–Crippen MR) is 112 cm³/mol. The molecule has 0 radical (unpaired) electrons. The highest BCUT2D eigenvalue weighted by Gasteiger charge is 2.38. The van der Waals surface area contributed by atoms with Crippen LogP contribution in [0.25, 0.3) is 0 Å². The summed E-state index contributed by atoms with van der Waals surface area (Å²) in [5, 5.41) is 9.20. The Kier molecular flexibility index (Phi) is 5.95. The number of methoxy groups -OCH3 is 1. The minimum atomic E-state index is -4.44. The van der Waals surface area contributed by atoms with Gasteiger partial charge >= 0.3 is 6.18 Å². The van der Waals surface area contributed by atoms with E-state index in [1.807, 2.05) is 0 Å². The molecule has 172 valence electrons. The zero-order valence-electron chi connectivity index (χ0n) is 17.3. The molecule has 1 saturated heterocycles. The molecule has 11 heteroatoms. The number of carbonyl (C=O) groups excluding carboxylic acids is 2. The first-order valence-electron chi connectivity index (χ1n) is 9.91. The van der Waals surface area contributed by atoms with Crippen molar-refractivity contribution in [2.24, 2.45) is 0 Å². The number of anilines is 2. The van der Waals surface area contributed by atoms with Crippen LogP contribution in [0.15, 0.2) is 54.9 Å². The average Bonchev–Trinajstić information content (AvgIpc) is 3.43. The molecule has 0 bridgehead atoms. The van der Waals surface area contributed by atoms with Crippen molar-refractivity contribution in [1.82, 2.24) is 10.2 Å². The van der Waals surface area contributed by atoms with Gasteiger partial charge in [0.1, 0.15) is 23.3 Å². The fourth-order valence-corrected chi connectivity index (χ4v) is 3.54. The monoisotopic (exact) mass is 460 g/mol. The summed E-state index contributed by atoms with van der Waals surface area (Å²) >= 11 is 0. The Hall–Kier alpha value is -4.02. The summed E-state index contributed by atoms with van der Waals surface area (Å²) in [7, 11) is 1.43. The molecule has 1 aromatic heterocycles. The van der Waals surface area contributed by atoms with Crippen molar-refractivity contribution in [3.8, 4) is 17.2 Å². The molecule has 1 aliphatic heterocycles. The molecule has 0 aliphatic carbocycles. The van der Waals surface area contributed by atoms with E-state index in [1.54, 1.807) is 12.1 Å². The molecule has 2 amide bonds. The van der Waals surface area contributed by atoms with E-state index in [0.29, 0.717) is 23.5 Å². The fraction of sp³-hybridized carbons (Fsp3) is 0.227. The number of nitrogens with one attached hydrogen (secondary N) is 2. The van der Waals surface area contributed by atoms with Gasteiger partial charge in [-0.15, -0.1) is 0 Å². The number of hydrogen-bond acceptors (Lipinski definition) is 5. The molecule has 33 heavy (non-hydrogen) atoms. The number of ether oxygens (including phenoxy) is 2. The quantitative estimate of drug-likeness (QED) is 0.570. The smallest absolute Gasteiger partial charge is 0.416 e. The third kappa shape index (κ3) is 4.76. The number of hydrogen-bond donors (Lipinski definition) is 2. The summed E-state index contributed by atoms with van der Waals surface area (Å²) in [5.74, 6) is 0.204. The Bertz CT molecular complexity index is 1150. The molecule has 1 atom stereocenters. The summed E-state index contributed by atoms with van der Waals surface area (Å²) in [6.45, 7) is 0. The van der Waals surface area contributed by atoms with Gasteiger partial charge in [0.2, 0.25) is 11.8 Å². The Morgan fingerprint density at radius 2 is 1.91 bits per heavy atom. The van der Waals surface area contributed by atoms with Crippen LogP contribution in [0.1, 0.15) is 18.4 Å². The van der Waals surface area contributed by atoms with Crippen molar-refractivity contribution in [3.05, 3.63) is 60.4 Å². The van der Waals surface area contributed by atoms with Crippen LogP contribution in [0.3, 0.4) is 0 Å². The molecule has 0 spiro atoms. The number of benzene rings is 2. The van der Waals surface area contributed by atoms with E-state index in [2.05, 4.69) is 15.5 Å². The number of alkyl halides is 3. The Morgan fingerprint density at radius 1 is 1.18 bits per heavy atom. The summed E-state index contributed by atoms with van der Waals surface area (Å²) in [4.78, 5) is 26.7. The molecule has 0 saturated carbocycles. The van der Waals surface area contributed by atoms with E-state index in [1.165, 1.54) is 42.6 Å². The van der Waals surface area contributed by atoms with Gasteiger partial charge in [0.25, 0.3) is 0 Å². The number of amides is 2. The van der Waals surface area contributed by atoms with E-state index in [0.717, 1.165) is 12.1 Å². The normalized spacial score (nSPS) is 16.1. The zero-order chi connectivity index (χ0) is 23.6. The average molecular weight is 460 g/mol. The number of carbonyl (C=O) groups is 2. The van der Waals surface area contributed by atoms with E-state index in [-0.39, 0.29) is 23.8 Å². The number of aromatic amines is 1. The van der Waals surface area contributed by atoms with Crippen LogP contribution in [0.5, 0.6) is 17.2 Å². The topological polar surface area (TPSA) is 96.5 Å². The number of halogens is 3. The van der Waals surface area contributed by atoms with Crippen molar-refractivity contribution in [2.45, 2.75) is 25.1 Å². The number of rotatable bonds is 6. The van der Waals surface area contributed by atoms with Crippen LogP contribution in [-0.4, -0.2) is 35.2 Å². The highest BCUT2D eigenvalue weighted by molar-refractivity contribution is 6.07. The number of H-pyrrole nitrogens is 1. The molecule has 2 aromatic carbocycles. The molecular weight excluding hydrogens is 441 g/mol. The fourth-order valence-electron chi connectivity index (χ4n) is 3.54. The van der Waals surface area contributed by atoms with Crippen LogP contribution < -0.4 is 19.7 Å². The third-order valence-electron chi connectivity index (χ3n) is 5.12. The van der Waals surface area contributed by atoms with Gasteiger partial charge in [0.15, 0.2) is 0 Å². The van der Waals surface area contributed by atoms with Gasteiger partial charge in [0, 0.05) is 18.7 Å². The molecule has 4 rings (SSSR count). The lowest BCUT2D eigenvalue weighted by Gasteiger charge is -2.23. The molecule has 1 fully saturated rings. The molecule has 8 nitrogen and oxygen atoms in total. The highest BCUT2D eigenvalue weighted by atomic mass is 19.4. The molecule has 1 unspecified atom stereocenters. The second-order valence-electron chi connectivity index (χ2n) is 7.25. The Labute approximate surface area is 186 Å². The maximum absolute atomic E-state index is 13.0. The second kappa shape index (κ2) is 8.85. The van der Waals surface area contributed by atoms with E-state index in [4.69, 9.17) is 9.47 Å². The van der Waals surface area contributed by atoms with Crippen molar-refractivity contribution in [1.29, 1.82) is 0 Å². The third-order valence-corrected chi connectivity index (χ3v) is 5.12. The lowest BCUT2D eigenvalue weighted by atomic mass is 10.2. The van der Waals surface area contributed by atoms with Crippen molar-refractivity contribution < 1.29 is 32.2 Å². The van der Waals surface area contributed by atoms with Crippen LogP contribution >= 0.6 is 0 Å². The number of nitrogens with zero attached hydrogens (tertiary/aromatic N) is 2. The van der Waals surface area contributed by atoms with E-state index in [9.17, 15) is 22.8 Å². The molecule has 3 aromatic rings. The van der Waals surface area contributed by atoms with Crippen LogP contribution in [-0.2, 0) is 15.8 Å². The molecule has 2 heterocycles. The zero-order valence-corrected chi connectivity index (χ0v) is 17.3. The van der Waals surface area contributed by atoms with Crippen LogP contribution in [0.4, 0.5) is 24.5 Å². The van der Waals surface area contributed by atoms with Gasteiger partial charge < -0.3 is 14.8 Å². The minimum Gasteiger partial charge on any atom is -0.495 e. The summed E-state index contributed by atoms with van der Waals surface area (Å²) in [6, 6.07) is 8.13. The van der Waals surface area contributed by atoms with E-state index >= 15 is 0 Å². The first-order chi connectivity index (χ1) is 15.8. The largest absolute Gasteiger partial charge is 0.495 e. The number of aromatic nitrogens is 2. The lowest BCUT2D eigenvalue weighted by molar-refractivity contribution is -0.137. The standard InChI is InChI=1S/C22H19F3N4O4/c1-32-19-8-6-16(33-15-4-2-13(3-5-15)22(23,24)25)10-17(19)28-21(31)18-7-9-20(30)29(18)14-11-26-27-12-14/h2-6,8,10-12,18H,7,9H2,1H3,(H,26,27)(H,28,31). The summed E-state index contributed by atoms with van der Waals surface area (Å²) in [5.41, 5.74) is -0.00627. The Morgan fingerprint density at radius 3 is 2.55 bits per heavy atom. The first kappa shape index (κ1) is 22.2. The van der Waals surface area contributed by atoms with E-state index < -0.39 is 23.7 Å². The van der Waals surface area contributed by atoms with Crippen LogP contribution in [0.2, 0.25) is 0 Å². The van der Waals surface area contributed by atoms with Crippen molar-refractivity contribution in [3.63, 3.8) is 0 Å². The van der Waals surface area contributed by atoms with Gasteiger partial charge in [-0.05, 0) is 42.8 Å². The SMILES string of the molecule is COc1ccc(Oc2ccc(C(F)(F)F)cc2)cc1NC(=O)C1CCC(=O)N1c1cn[nH]c1. The predicted octanol–water partition coefficient (Wildman–Crippen LogP) is 4.36. The van der Waals surface area contributed by atoms with Gasteiger partial charge in [-0.1, -0.05) is 0 Å². The lowest BCUT2D eigenvalue weighted by Crippen LogP contribution is -2.41. The molecular formula is C22H19F3N4O4. The maximum atomic E-state index is 13.0. The first-order valence-corrected chi connectivity index (χ1v) is 9.91. The highest BCUT2D eigenvalue weighted by Crippen LogP contribution is 2.35. The van der Waals surface area contributed by atoms with Crippen LogP contribution in [0, 0.1) is 0 Å². The second-order valence-corrected chi connectivity index (χ2v) is 7.25. The Balaban J connectivity index is 1.52. The van der Waals surface area contributed by atoms with Gasteiger partial charge in [-0.25, -0.2) is 0 Å². The molecule has 2 N–H and O–H groups in total. The van der Waals surface area contributed by atoms with Gasteiger partial charge in [0.05, 0.1) is 30.2 Å². The molecule has 1 aliphatic rings. The minimum absolute atomic E-state index is 0.192. The van der Waals surface area contributed by atoms with Crippen molar-refractivity contribution in [2.75, 3.05) is 17.3 Å². The van der Waals surface area contributed by atoms with Gasteiger partial charge in [-0.2, -0.15) is 18.3 Å². The maximum Gasteiger partial charge on any atom is 0.416 e. The van der Waals surface area contributed by atoms with Crippen molar-refractivity contribution >= 4 is 23.2 Å². The summed E-state index contributed by atoms with van der Waals surface area (Å²) < 4.78 is 49.2. The van der Waals surface area contributed by atoms with Gasteiger partial charge in [-0.3, -0.25) is 19.6 Å².